The van der Waals surface area contributed by atoms with Crippen molar-refractivity contribution in [3.8, 4) is 5.75 Å². The lowest BCUT2D eigenvalue weighted by molar-refractivity contribution is -0.145. The van der Waals surface area contributed by atoms with E-state index in [9.17, 15) is 9.90 Å². The molecule has 1 aromatic rings. The van der Waals surface area contributed by atoms with Gasteiger partial charge >= 0.3 is 0 Å². The molecule has 2 heterocycles. The highest BCUT2D eigenvalue weighted by Gasteiger charge is 2.28. The number of rotatable bonds is 5. The highest BCUT2D eigenvalue weighted by molar-refractivity contribution is 5.80. The molecule has 0 aliphatic carbocycles. The van der Waals surface area contributed by atoms with E-state index in [1.54, 1.807) is 12.1 Å². The van der Waals surface area contributed by atoms with Gasteiger partial charge in [-0.15, -0.1) is 0 Å². The number of carbonyl (C=O) groups is 1. The zero-order valence-corrected chi connectivity index (χ0v) is 14.3. The predicted molar refractivity (Wildman–Crippen MR) is 91.0 cm³/mol. The summed E-state index contributed by atoms with van der Waals surface area (Å²) in [6, 6.07) is 7.41. The van der Waals surface area contributed by atoms with Gasteiger partial charge in [0.2, 0.25) is 0 Å². The minimum atomic E-state index is -0.403. The average Bonchev–Trinajstić information content (AvgIpc) is 3.13. The van der Waals surface area contributed by atoms with Crippen LogP contribution >= 0.6 is 0 Å². The molecule has 2 aliphatic rings. The van der Waals surface area contributed by atoms with Crippen LogP contribution in [0.1, 0.15) is 44.1 Å². The zero-order valence-electron chi connectivity index (χ0n) is 14.3. The van der Waals surface area contributed by atoms with E-state index in [2.05, 4.69) is 0 Å². The number of nitrogens with zero attached hydrogens (tertiary/aromatic N) is 1. The Balaban J connectivity index is 1.44. The molecule has 5 nitrogen and oxygen atoms in total. The molecule has 24 heavy (non-hydrogen) atoms. The first-order chi connectivity index (χ1) is 11.6. The van der Waals surface area contributed by atoms with E-state index in [4.69, 9.17) is 9.47 Å². The second-order valence-electron chi connectivity index (χ2n) is 6.80. The van der Waals surface area contributed by atoms with Gasteiger partial charge in [0.15, 0.2) is 0 Å². The number of phenolic OH excluding ortho intramolecular Hbond substituents is 1. The number of hydrogen-bond acceptors (Lipinski definition) is 4. The third-order valence-corrected chi connectivity index (χ3v) is 5.07. The van der Waals surface area contributed by atoms with Gasteiger partial charge in [-0.05, 0) is 56.2 Å². The Morgan fingerprint density at radius 3 is 2.62 bits per heavy atom. The molecule has 0 saturated carbocycles. The van der Waals surface area contributed by atoms with Gasteiger partial charge in [0.25, 0.3) is 5.91 Å². The summed E-state index contributed by atoms with van der Waals surface area (Å²) >= 11 is 0. The van der Waals surface area contributed by atoms with Gasteiger partial charge in [0, 0.05) is 19.7 Å². The van der Waals surface area contributed by atoms with Crippen LogP contribution in [0.4, 0.5) is 0 Å². The summed E-state index contributed by atoms with van der Waals surface area (Å²) in [5, 5.41) is 9.38. The maximum absolute atomic E-state index is 12.5. The number of ether oxygens (including phenoxy) is 2. The van der Waals surface area contributed by atoms with E-state index in [1.807, 2.05) is 24.0 Å². The van der Waals surface area contributed by atoms with E-state index in [-0.39, 0.29) is 12.0 Å². The molecular weight excluding hydrogens is 306 g/mol. The number of amides is 1. The number of carbonyl (C=O) groups excluding carboxylic acids is 1. The Bertz CT molecular complexity index is 531. The minimum Gasteiger partial charge on any atom is -0.508 e. The Morgan fingerprint density at radius 2 is 2.00 bits per heavy atom. The van der Waals surface area contributed by atoms with Crippen molar-refractivity contribution in [2.75, 3.05) is 26.3 Å². The van der Waals surface area contributed by atoms with Gasteiger partial charge in [-0.25, -0.2) is 0 Å². The third kappa shape index (κ3) is 4.28. The first-order valence-electron chi connectivity index (χ1n) is 8.94. The molecule has 0 spiro atoms. The van der Waals surface area contributed by atoms with Crippen molar-refractivity contribution in [3.63, 3.8) is 0 Å². The Hall–Kier alpha value is -1.59. The largest absolute Gasteiger partial charge is 0.508 e. The van der Waals surface area contributed by atoms with Crippen LogP contribution in [0, 0.1) is 0 Å². The fourth-order valence-corrected chi connectivity index (χ4v) is 3.54. The van der Waals surface area contributed by atoms with Crippen molar-refractivity contribution in [1.29, 1.82) is 0 Å². The van der Waals surface area contributed by atoms with Crippen molar-refractivity contribution in [1.82, 2.24) is 4.90 Å². The summed E-state index contributed by atoms with van der Waals surface area (Å²) in [4.78, 5) is 14.4. The number of piperidine rings is 1. The Morgan fingerprint density at radius 1 is 1.29 bits per heavy atom. The molecule has 0 aromatic heterocycles. The van der Waals surface area contributed by atoms with Gasteiger partial charge < -0.3 is 19.5 Å². The number of hydrogen-bond donors (Lipinski definition) is 1. The van der Waals surface area contributed by atoms with E-state index < -0.39 is 6.10 Å². The van der Waals surface area contributed by atoms with Gasteiger partial charge in [0.1, 0.15) is 11.9 Å². The van der Waals surface area contributed by atoms with Crippen LogP contribution in [-0.2, 0) is 14.3 Å². The molecule has 2 saturated heterocycles. The predicted octanol–water partition coefficient (Wildman–Crippen LogP) is 2.68. The Kier molecular flexibility index (Phi) is 5.74. The Labute approximate surface area is 143 Å². The molecular formula is C19H27NO4. The standard InChI is InChI=1S/C19H27NO4/c1-14(24-13-18-3-2-12-23-18)19(22)20-10-8-16(9-11-20)15-4-6-17(21)7-5-15/h4-7,14,16,18,21H,2-3,8-13H2,1H3. The monoisotopic (exact) mass is 333 g/mol. The topological polar surface area (TPSA) is 59.0 Å². The lowest BCUT2D eigenvalue weighted by Gasteiger charge is -2.34. The summed E-state index contributed by atoms with van der Waals surface area (Å²) < 4.78 is 11.3. The molecule has 2 unspecified atom stereocenters. The fourth-order valence-electron chi connectivity index (χ4n) is 3.54. The second-order valence-corrected chi connectivity index (χ2v) is 6.80. The highest BCUT2D eigenvalue weighted by atomic mass is 16.5. The van der Waals surface area contributed by atoms with E-state index in [1.165, 1.54) is 5.56 Å². The SMILES string of the molecule is CC(OCC1CCCO1)C(=O)N1CCC(c2ccc(O)cc2)CC1. The van der Waals surface area contributed by atoms with Crippen LogP contribution in [0.2, 0.25) is 0 Å². The molecule has 0 radical (unpaired) electrons. The zero-order chi connectivity index (χ0) is 16.9. The number of benzene rings is 1. The van der Waals surface area contributed by atoms with Crippen molar-refractivity contribution >= 4 is 5.91 Å². The summed E-state index contributed by atoms with van der Waals surface area (Å²) in [7, 11) is 0. The normalized spacial score (nSPS) is 23.4. The summed E-state index contributed by atoms with van der Waals surface area (Å²) in [5.74, 6) is 0.832. The van der Waals surface area contributed by atoms with Crippen molar-refractivity contribution < 1.29 is 19.4 Å². The maximum Gasteiger partial charge on any atom is 0.251 e. The molecule has 132 valence electrons. The molecule has 5 heteroatoms. The molecule has 3 rings (SSSR count). The molecule has 2 aliphatic heterocycles. The molecule has 0 bridgehead atoms. The quantitative estimate of drug-likeness (QED) is 0.900. The third-order valence-electron chi connectivity index (χ3n) is 5.07. The number of phenols is 1. The van der Waals surface area contributed by atoms with E-state index in [0.717, 1.165) is 45.4 Å². The number of likely N-dealkylation sites (tertiary alicyclic amines) is 1. The first kappa shape index (κ1) is 17.2. The van der Waals surface area contributed by atoms with Crippen LogP contribution in [0.5, 0.6) is 5.75 Å². The van der Waals surface area contributed by atoms with Gasteiger partial charge in [-0.3, -0.25) is 4.79 Å². The molecule has 1 amide bonds. The van der Waals surface area contributed by atoms with Gasteiger partial charge in [-0.2, -0.15) is 0 Å². The highest BCUT2D eigenvalue weighted by Crippen LogP contribution is 2.29. The van der Waals surface area contributed by atoms with Crippen LogP contribution in [-0.4, -0.2) is 54.4 Å². The lowest BCUT2D eigenvalue weighted by atomic mass is 9.89. The summed E-state index contributed by atoms with van der Waals surface area (Å²) in [6.45, 7) is 4.68. The van der Waals surface area contributed by atoms with Crippen molar-refractivity contribution in [2.24, 2.45) is 0 Å². The van der Waals surface area contributed by atoms with Crippen LogP contribution in [0.15, 0.2) is 24.3 Å². The van der Waals surface area contributed by atoms with Crippen LogP contribution < -0.4 is 0 Å². The van der Waals surface area contributed by atoms with Crippen molar-refractivity contribution in [2.45, 2.75) is 50.7 Å². The first-order valence-corrected chi connectivity index (χ1v) is 8.94. The second kappa shape index (κ2) is 7.99. The van der Waals surface area contributed by atoms with Gasteiger partial charge in [-0.1, -0.05) is 12.1 Å². The van der Waals surface area contributed by atoms with E-state index in [0.29, 0.717) is 18.3 Å². The van der Waals surface area contributed by atoms with Gasteiger partial charge in [0.05, 0.1) is 12.7 Å². The molecule has 2 fully saturated rings. The fraction of sp³-hybridized carbons (Fsp3) is 0.632. The summed E-state index contributed by atoms with van der Waals surface area (Å²) in [5.41, 5.74) is 1.24. The molecule has 1 N–H and O–H groups in total. The number of aromatic hydroxyl groups is 1. The smallest absolute Gasteiger partial charge is 0.251 e. The summed E-state index contributed by atoms with van der Waals surface area (Å²) in [6.07, 6.45) is 3.77. The van der Waals surface area contributed by atoms with Crippen LogP contribution in [0.3, 0.4) is 0 Å². The lowest BCUT2D eigenvalue weighted by Crippen LogP contribution is -2.44. The van der Waals surface area contributed by atoms with Crippen LogP contribution in [0.25, 0.3) is 0 Å². The molecule has 2 atom stereocenters. The average molecular weight is 333 g/mol. The maximum atomic E-state index is 12.5. The van der Waals surface area contributed by atoms with Crippen molar-refractivity contribution in [3.05, 3.63) is 29.8 Å². The van der Waals surface area contributed by atoms with E-state index >= 15 is 0 Å². The minimum absolute atomic E-state index is 0.0807. The molecule has 1 aromatic carbocycles.